The third-order valence-corrected chi connectivity index (χ3v) is 3.76. The van der Waals surface area contributed by atoms with Crippen LogP contribution in [0.2, 0.25) is 0 Å². The second-order valence-corrected chi connectivity index (χ2v) is 5.19. The van der Waals surface area contributed by atoms with Crippen LogP contribution in [-0.4, -0.2) is 26.2 Å². The summed E-state index contributed by atoms with van der Waals surface area (Å²) in [4.78, 5) is 0.147. The molecular formula is C10H16N2O3S. The zero-order valence-corrected chi connectivity index (χ0v) is 9.87. The van der Waals surface area contributed by atoms with Gasteiger partial charge in [0.25, 0.3) is 0 Å². The predicted molar refractivity (Wildman–Crippen MR) is 62.3 cm³/mol. The highest BCUT2D eigenvalue weighted by atomic mass is 32.2. The summed E-state index contributed by atoms with van der Waals surface area (Å²) < 4.78 is 26.0. The Morgan fingerprint density at radius 1 is 1.38 bits per heavy atom. The number of nitrogens with one attached hydrogen (secondary N) is 1. The Morgan fingerprint density at radius 3 is 2.38 bits per heavy atom. The summed E-state index contributed by atoms with van der Waals surface area (Å²) in [6.45, 7) is 1.58. The number of anilines is 1. The Balaban J connectivity index is 2.89. The molecule has 0 spiro atoms. The minimum atomic E-state index is -3.57. The van der Waals surface area contributed by atoms with E-state index in [9.17, 15) is 8.42 Å². The molecule has 0 aliphatic carbocycles. The molecule has 1 aromatic rings. The van der Waals surface area contributed by atoms with Crippen LogP contribution in [0.25, 0.3) is 0 Å². The van der Waals surface area contributed by atoms with Crippen molar-refractivity contribution in [3.63, 3.8) is 0 Å². The van der Waals surface area contributed by atoms with Gasteiger partial charge < -0.3 is 10.8 Å². The number of sulfonamides is 1. The Bertz CT molecular complexity index is 424. The van der Waals surface area contributed by atoms with Crippen molar-refractivity contribution in [3.8, 4) is 0 Å². The molecular weight excluding hydrogens is 228 g/mol. The summed E-state index contributed by atoms with van der Waals surface area (Å²) in [5.41, 5.74) is 5.98. The Kier molecular flexibility index (Phi) is 4.28. The Hall–Kier alpha value is -1.11. The molecule has 0 saturated carbocycles. The van der Waals surface area contributed by atoms with Gasteiger partial charge in [-0.3, -0.25) is 0 Å². The molecule has 0 radical (unpaired) electrons. The van der Waals surface area contributed by atoms with Gasteiger partial charge in [-0.2, -0.15) is 0 Å². The fraction of sp³-hybridized carbons (Fsp3) is 0.400. The molecule has 1 atom stereocenters. The van der Waals surface area contributed by atoms with Crippen molar-refractivity contribution in [1.82, 2.24) is 4.72 Å². The van der Waals surface area contributed by atoms with Gasteiger partial charge in [0.05, 0.1) is 11.5 Å². The monoisotopic (exact) mass is 244 g/mol. The third-order valence-electron chi connectivity index (χ3n) is 2.23. The zero-order chi connectivity index (χ0) is 12.2. The van der Waals surface area contributed by atoms with E-state index in [1.807, 2.05) is 0 Å². The fourth-order valence-electron chi connectivity index (χ4n) is 1.18. The van der Waals surface area contributed by atoms with Crippen LogP contribution < -0.4 is 10.5 Å². The second-order valence-electron chi connectivity index (χ2n) is 3.48. The number of hydrogen-bond donors (Lipinski definition) is 3. The van der Waals surface area contributed by atoms with E-state index in [1.165, 1.54) is 24.3 Å². The van der Waals surface area contributed by atoms with E-state index in [0.29, 0.717) is 12.1 Å². The SMILES string of the molecule is CCC(CO)NS(=O)(=O)c1ccc(N)cc1. The lowest BCUT2D eigenvalue weighted by atomic mass is 10.3. The lowest BCUT2D eigenvalue weighted by Gasteiger charge is -2.14. The maximum Gasteiger partial charge on any atom is 0.240 e. The van der Waals surface area contributed by atoms with Gasteiger partial charge in [0.2, 0.25) is 10.0 Å². The number of hydrogen-bond acceptors (Lipinski definition) is 4. The molecule has 0 heterocycles. The van der Waals surface area contributed by atoms with Gasteiger partial charge in [0.1, 0.15) is 0 Å². The molecule has 90 valence electrons. The Morgan fingerprint density at radius 2 is 1.94 bits per heavy atom. The first-order chi connectivity index (χ1) is 7.49. The number of aliphatic hydroxyl groups excluding tert-OH is 1. The average molecular weight is 244 g/mol. The van der Waals surface area contributed by atoms with Crippen LogP contribution in [-0.2, 0) is 10.0 Å². The van der Waals surface area contributed by atoms with E-state index in [4.69, 9.17) is 10.8 Å². The van der Waals surface area contributed by atoms with Crippen LogP contribution in [0.4, 0.5) is 5.69 Å². The van der Waals surface area contributed by atoms with E-state index in [0.717, 1.165) is 0 Å². The van der Waals surface area contributed by atoms with Gasteiger partial charge in [-0.25, -0.2) is 13.1 Å². The van der Waals surface area contributed by atoms with Gasteiger partial charge in [0.15, 0.2) is 0 Å². The molecule has 0 fully saturated rings. The van der Waals surface area contributed by atoms with Crippen LogP contribution in [0.5, 0.6) is 0 Å². The molecule has 0 bridgehead atoms. The third kappa shape index (κ3) is 3.19. The standard InChI is InChI=1S/C10H16N2O3S/c1-2-9(7-13)12-16(14,15)10-5-3-8(11)4-6-10/h3-6,9,12-13H,2,7,11H2,1H3. The molecule has 0 amide bonds. The number of benzene rings is 1. The van der Waals surface area contributed by atoms with Crippen molar-refractivity contribution < 1.29 is 13.5 Å². The van der Waals surface area contributed by atoms with Crippen LogP contribution in [0.3, 0.4) is 0 Å². The molecule has 1 unspecified atom stereocenters. The molecule has 4 N–H and O–H groups in total. The maximum atomic E-state index is 11.8. The first-order valence-electron chi connectivity index (χ1n) is 4.98. The summed E-state index contributed by atoms with van der Waals surface area (Å²) >= 11 is 0. The predicted octanol–water partition coefficient (Wildman–Crippen LogP) is 0.318. The van der Waals surface area contributed by atoms with Gasteiger partial charge in [-0.05, 0) is 30.7 Å². The van der Waals surface area contributed by atoms with Crippen LogP contribution in [0, 0.1) is 0 Å². The molecule has 0 aliphatic rings. The highest BCUT2D eigenvalue weighted by molar-refractivity contribution is 7.89. The van der Waals surface area contributed by atoms with E-state index >= 15 is 0 Å². The number of aliphatic hydroxyl groups is 1. The highest BCUT2D eigenvalue weighted by Gasteiger charge is 2.17. The largest absolute Gasteiger partial charge is 0.399 e. The van der Waals surface area contributed by atoms with Crippen molar-refractivity contribution in [2.75, 3.05) is 12.3 Å². The van der Waals surface area contributed by atoms with Crippen molar-refractivity contribution in [1.29, 1.82) is 0 Å². The fourth-order valence-corrected chi connectivity index (χ4v) is 2.49. The smallest absolute Gasteiger partial charge is 0.240 e. The molecule has 6 heteroatoms. The van der Waals surface area contributed by atoms with Gasteiger partial charge in [-0.1, -0.05) is 6.92 Å². The van der Waals surface area contributed by atoms with Crippen LogP contribution in [0.1, 0.15) is 13.3 Å². The lowest BCUT2D eigenvalue weighted by Crippen LogP contribution is -2.36. The molecule has 0 aromatic heterocycles. The molecule has 1 aromatic carbocycles. The van der Waals surface area contributed by atoms with Crippen molar-refractivity contribution >= 4 is 15.7 Å². The van der Waals surface area contributed by atoms with Crippen molar-refractivity contribution in [2.24, 2.45) is 0 Å². The van der Waals surface area contributed by atoms with E-state index < -0.39 is 16.1 Å². The maximum absolute atomic E-state index is 11.8. The molecule has 5 nitrogen and oxygen atoms in total. The van der Waals surface area contributed by atoms with Gasteiger partial charge in [0, 0.05) is 11.7 Å². The van der Waals surface area contributed by atoms with Crippen molar-refractivity contribution in [3.05, 3.63) is 24.3 Å². The average Bonchev–Trinajstić information content (AvgIpc) is 2.26. The zero-order valence-electron chi connectivity index (χ0n) is 9.05. The first kappa shape index (κ1) is 13.0. The van der Waals surface area contributed by atoms with Gasteiger partial charge in [-0.15, -0.1) is 0 Å². The topological polar surface area (TPSA) is 92.4 Å². The minimum absolute atomic E-state index is 0.147. The van der Waals surface area contributed by atoms with E-state index in [2.05, 4.69) is 4.72 Å². The number of rotatable bonds is 5. The van der Waals surface area contributed by atoms with Crippen LogP contribution in [0.15, 0.2) is 29.2 Å². The normalized spacial score (nSPS) is 13.6. The highest BCUT2D eigenvalue weighted by Crippen LogP contribution is 2.12. The van der Waals surface area contributed by atoms with E-state index in [-0.39, 0.29) is 11.5 Å². The number of nitrogen functional groups attached to an aromatic ring is 1. The molecule has 16 heavy (non-hydrogen) atoms. The van der Waals surface area contributed by atoms with Crippen LogP contribution >= 0.6 is 0 Å². The lowest BCUT2D eigenvalue weighted by molar-refractivity contribution is 0.254. The summed E-state index contributed by atoms with van der Waals surface area (Å²) in [5, 5.41) is 8.93. The Labute approximate surface area is 95.3 Å². The summed E-state index contributed by atoms with van der Waals surface area (Å²) in [5.74, 6) is 0. The van der Waals surface area contributed by atoms with Gasteiger partial charge >= 0.3 is 0 Å². The minimum Gasteiger partial charge on any atom is -0.399 e. The first-order valence-corrected chi connectivity index (χ1v) is 6.46. The molecule has 0 aliphatic heterocycles. The van der Waals surface area contributed by atoms with Crippen molar-refractivity contribution in [2.45, 2.75) is 24.3 Å². The van der Waals surface area contributed by atoms with E-state index in [1.54, 1.807) is 6.92 Å². The molecule has 0 saturated heterocycles. The quantitative estimate of drug-likeness (QED) is 0.650. The second kappa shape index (κ2) is 5.29. The summed E-state index contributed by atoms with van der Waals surface area (Å²) in [6, 6.07) is 5.45. The number of nitrogens with two attached hydrogens (primary N) is 1. The summed E-state index contributed by atoms with van der Waals surface area (Å²) in [6.07, 6.45) is 0.532. The summed E-state index contributed by atoms with van der Waals surface area (Å²) in [7, 11) is -3.57. The molecule has 1 rings (SSSR count).